The summed E-state index contributed by atoms with van der Waals surface area (Å²) in [6.07, 6.45) is 1.58. The number of hydrogen-bond acceptors (Lipinski definition) is 5. The topological polar surface area (TPSA) is 89.1 Å². The number of aromatic nitrogens is 2. The van der Waals surface area contributed by atoms with Crippen molar-refractivity contribution in [3.8, 4) is 11.1 Å². The number of nitrogens with two attached hydrogens (primary N) is 1. The van der Waals surface area contributed by atoms with Crippen LogP contribution in [0.4, 0.5) is 5.95 Å². The van der Waals surface area contributed by atoms with E-state index in [1.54, 1.807) is 18.3 Å². The minimum atomic E-state index is -0.913. The van der Waals surface area contributed by atoms with Crippen molar-refractivity contribution >= 4 is 35.3 Å². The number of carboxylic acid groups (broad SMARTS) is 1. The van der Waals surface area contributed by atoms with Gasteiger partial charge in [-0.25, -0.2) is 9.97 Å². The van der Waals surface area contributed by atoms with E-state index in [2.05, 4.69) is 9.97 Å². The molecule has 3 N–H and O–H groups in total. The van der Waals surface area contributed by atoms with Gasteiger partial charge in [-0.15, -0.1) is 0 Å². The standard InChI is InChI=1S/C12H10ClN3O2S/c13-8-3-1-7(2-4-8)9-5-15-12(14)16-11(9)19-6-10(17)18/h1-5H,6H2,(H,17,18)(H2,14,15,16). The first kappa shape index (κ1) is 13.6. The molecule has 98 valence electrons. The Labute approximate surface area is 118 Å². The second-order valence-corrected chi connectivity index (χ2v) is 5.04. The first-order chi connectivity index (χ1) is 9.06. The summed E-state index contributed by atoms with van der Waals surface area (Å²) in [6.45, 7) is 0. The van der Waals surface area contributed by atoms with Gasteiger partial charge in [0.2, 0.25) is 5.95 Å². The smallest absolute Gasteiger partial charge is 0.313 e. The molecule has 0 aliphatic heterocycles. The predicted octanol–water partition coefficient (Wildman–Crippen LogP) is 2.56. The van der Waals surface area contributed by atoms with Crippen LogP contribution in [-0.4, -0.2) is 26.8 Å². The van der Waals surface area contributed by atoms with Crippen molar-refractivity contribution in [1.29, 1.82) is 0 Å². The zero-order chi connectivity index (χ0) is 13.8. The lowest BCUT2D eigenvalue weighted by Gasteiger charge is -2.07. The monoisotopic (exact) mass is 295 g/mol. The highest BCUT2D eigenvalue weighted by Crippen LogP contribution is 2.30. The molecule has 1 heterocycles. The molecule has 2 rings (SSSR count). The largest absolute Gasteiger partial charge is 0.481 e. The molecular weight excluding hydrogens is 286 g/mol. The SMILES string of the molecule is Nc1ncc(-c2ccc(Cl)cc2)c(SCC(=O)O)n1. The molecule has 0 spiro atoms. The van der Waals surface area contributed by atoms with E-state index in [0.717, 1.165) is 22.9 Å². The van der Waals surface area contributed by atoms with Crippen molar-refractivity contribution in [3.63, 3.8) is 0 Å². The van der Waals surface area contributed by atoms with Crippen LogP contribution >= 0.6 is 23.4 Å². The number of aliphatic carboxylic acids is 1. The van der Waals surface area contributed by atoms with Crippen molar-refractivity contribution in [2.24, 2.45) is 0 Å². The number of thioether (sulfide) groups is 1. The Bertz CT molecular complexity index is 604. The molecule has 5 nitrogen and oxygen atoms in total. The van der Waals surface area contributed by atoms with Crippen LogP contribution in [0.5, 0.6) is 0 Å². The van der Waals surface area contributed by atoms with E-state index < -0.39 is 5.97 Å². The lowest BCUT2D eigenvalue weighted by atomic mass is 10.1. The summed E-state index contributed by atoms with van der Waals surface area (Å²) in [5.41, 5.74) is 7.12. The molecule has 0 atom stereocenters. The van der Waals surface area contributed by atoms with Gasteiger partial charge in [-0.3, -0.25) is 4.79 Å². The average molecular weight is 296 g/mol. The maximum Gasteiger partial charge on any atom is 0.313 e. The van der Waals surface area contributed by atoms with Gasteiger partial charge in [0.15, 0.2) is 0 Å². The summed E-state index contributed by atoms with van der Waals surface area (Å²) < 4.78 is 0. The fourth-order valence-corrected chi connectivity index (χ4v) is 2.32. The number of rotatable bonds is 4. The maximum atomic E-state index is 10.6. The van der Waals surface area contributed by atoms with E-state index in [0.29, 0.717) is 10.0 Å². The predicted molar refractivity (Wildman–Crippen MR) is 75.3 cm³/mol. The third-order valence-electron chi connectivity index (χ3n) is 2.26. The summed E-state index contributed by atoms with van der Waals surface area (Å²) >= 11 is 6.94. The number of nitrogen functional groups attached to an aromatic ring is 1. The summed E-state index contributed by atoms with van der Waals surface area (Å²) in [6, 6.07) is 7.14. The molecular formula is C12H10ClN3O2S. The number of anilines is 1. The van der Waals surface area contributed by atoms with Gasteiger partial charge in [-0.05, 0) is 17.7 Å². The van der Waals surface area contributed by atoms with E-state index in [-0.39, 0.29) is 11.7 Å². The first-order valence-electron chi connectivity index (χ1n) is 5.29. The van der Waals surface area contributed by atoms with Crippen LogP contribution in [0, 0.1) is 0 Å². The van der Waals surface area contributed by atoms with Gasteiger partial charge in [0.1, 0.15) is 5.03 Å². The highest BCUT2D eigenvalue weighted by molar-refractivity contribution is 8.00. The van der Waals surface area contributed by atoms with Crippen LogP contribution < -0.4 is 5.73 Å². The van der Waals surface area contributed by atoms with Gasteiger partial charge in [0, 0.05) is 16.8 Å². The molecule has 0 bridgehead atoms. The Morgan fingerprint density at radius 3 is 2.68 bits per heavy atom. The first-order valence-corrected chi connectivity index (χ1v) is 6.65. The number of halogens is 1. The van der Waals surface area contributed by atoms with E-state index in [9.17, 15) is 4.79 Å². The number of benzene rings is 1. The Balaban J connectivity index is 2.38. The van der Waals surface area contributed by atoms with E-state index >= 15 is 0 Å². The van der Waals surface area contributed by atoms with Crippen molar-refractivity contribution in [1.82, 2.24) is 9.97 Å². The van der Waals surface area contributed by atoms with Crippen LogP contribution in [0.1, 0.15) is 0 Å². The summed E-state index contributed by atoms with van der Waals surface area (Å²) in [4.78, 5) is 18.7. The Morgan fingerprint density at radius 1 is 1.37 bits per heavy atom. The molecule has 19 heavy (non-hydrogen) atoms. The molecule has 0 aliphatic rings. The minimum Gasteiger partial charge on any atom is -0.481 e. The fraction of sp³-hybridized carbons (Fsp3) is 0.0833. The van der Waals surface area contributed by atoms with Crippen molar-refractivity contribution in [3.05, 3.63) is 35.5 Å². The number of hydrogen-bond donors (Lipinski definition) is 2. The third-order valence-corrected chi connectivity index (χ3v) is 3.49. The van der Waals surface area contributed by atoms with Crippen LogP contribution in [0.15, 0.2) is 35.5 Å². The third kappa shape index (κ3) is 3.59. The lowest BCUT2D eigenvalue weighted by molar-refractivity contribution is -0.133. The Morgan fingerprint density at radius 2 is 2.05 bits per heavy atom. The van der Waals surface area contributed by atoms with Crippen molar-refractivity contribution in [2.45, 2.75) is 5.03 Å². The molecule has 0 amide bonds. The molecule has 0 radical (unpaired) electrons. The van der Waals surface area contributed by atoms with Crippen LogP contribution in [-0.2, 0) is 4.79 Å². The van der Waals surface area contributed by atoms with Crippen molar-refractivity contribution < 1.29 is 9.90 Å². The molecule has 0 saturated heterocycles. The molecule has 1 aromatic carbocycles. The van der Waals surface area contributed by atoms with Gasteiger partial charge in [-0.2, -0.15) is 0 Å². The molecule has 0 unspecified atom stereocenters. The van der Waals surface area contributed by atoms with Crippen LogP contribution in [0.25, 0.3) is 11.1 Å². The van der Waals surface area contributed by atoms with E-state index in [1.807, 2.05) is 12.1 Å². The zero-order valence-electron chi connectivity index (χ0n) is 9.71. The highest BCUT2D eigenvalue weighted by Gasteiger charge is 2.11. The van der Waals surface area contributed by atoms with E-state index in [1.165, 1.54) is 0 Å². The zero-order valence-corrected chi connectivity index (χ0v) is 11.3. The molecule has 7 heteroatoms. The lowest BCUT2D eigenvalue weighted by Crippen LogP contribution is -2.02. The van der Waals surface area contributed by atoms with Gasteiger partial charge < -0.3 is 10.8 Å². The minimum absolute atomic E-state index is 0.0863. The normalized spacial score (nSPS) is 10.4. The number of carboxylic acids is 1. The Hall–Kier alpha value is -1.79. The maximum absolute atomic E-state index is 10.6. The van der Waals surface area contributed by atoms with Crippen molar-refractivity contribution in [2.75, 3.05) is 11.5 Å². The second kappa shape index (κ2) is 5.90. The highest BCUT2D eigenvalue weighted by atomic mass is 35.5. The van der Waals surface area contributed by atoms with Gasteiger partial charge >= 0.3 is 5.97 Å². The van der Waals surface area contributed by atoms with Gasteiger partial charge in [0.25, 0.3) is 0 Å². The number of nitrogens with zero attached hydrogens (tertiary/aromatic N) is 2. The average Bonchev–Trinajstić information content (AvgIpc) is 2.38. The fourth-order valence-electron chi connectivity index (χ4n) is 1.45. The van der Waals surface area contributed by atoms with Crippen LogP contribution in [0.2, 0.25) is 5.02 Å². The quantitative estimate of drug-likeness (QED) is 0.665. The molecule has 1 aromatic heterocycles. The summed E-state index contributed by atoms with van der Waals surface area (Å²) in [5, 5.41) is 9.89. The summed E-state index contributed by atoms with van der Waals surface area (Å²) in [5.74, 6) is -0.883. The van der Waals surface area contributed by atoms with Gasteiger partial charge in [0.05, 0.1) is 5.75 Å². The Kier molecular flexibility index (Phi) is 4.24. The molecule has 0 aliphatic carbocycles. The van der Waals surface area contributed by atoms with Gasteiger partial charge in [-0.1, -0.05) is 35.5 Å². The summed E-state index contributed by atoms with van der Waals surface area (Å²) in [7, 11) is 0. The molecule has 0 fully saturated rings. The number of carbonyl (C=O) groups is 1. The molecule has 0 saturated carbocycles. The molecule has 2 aromatic rings. The van der Waals surface area contributed by atoms with E-state index in [4.69, 9.17) is 22.4 Å². The second-order valence-electron chi connectivity index (χ2n) is 3.64. The van der Waals surface area contributed by atoms with Crippen LogP contribution in [0.3, 0.4) is 0 Å².